The van der Waals surface area contributed by atoms with E-state index in [-0.39, 0.29) is 0 Å². The summed E-state index contributed by atoms with van der Waals surface area (Å²) in [6.07, 6.45) is 0.668. The lowest BCUT2D eigenvalue weighted by molar-refractivity contribution is 0.148. The molecule has 0 amide bonds. The molecule has 0 unspecified atom stereocenters. The molecule has 1 aromatic rings. The molecule has 5 nitrogen and oxygen atoms in total. The predicted molar refractivity (Wildman–Crippen MR) is 33.8 cm³/mol. The highest BCUT2D eigenvalue weighted by atomic mass is 19.1. The van der Waals surface area contributed by atoms with Gasteiger partial charge in [-0.15, -0.1) is 4.73 Å². The highest BCUT2D eigenvalue weighted by Crippen LogP contribution is 1.79. The van der Waals surface area contributed by atoms with Crippen LogP contribution in [0.4, 0.5) is 4.39 Å². The first-order chi connectivity index (χ1) is 5.15. The van der Waals surface area contributed by atoms with Crippen LogP contribution < -0.4 is 16.1 Å². The van der Waals surface area contributed by atoms with Gasteiger partial charge in [-0.05, 0) is 0 Å². The van der Waals surface area contributed by atoms with Crippen LogP contribution in [0, 0.1) is 5.82 Å². The van der Waals surface area contributed by atoms with Gasteiger partial charge in [0.05, 0.1) is 6.20 Å². The number of halogens is 1. The second-order valence-electron chi connectivity index (χ2n) is 1.74. The molecule has 6 heteroatoms. The van der Waals surface area contributed by atoms with Crippen LogP contribution in [0.1, 0.15) is 0 Å². The molecule has 0 atom stereocenters. The summed E-state index contributed by atoms with van der Waals surface area (Å²) >= 11 is 0. The van der Waals surface area contributed by atoms with Crippen molar-refractivity contribution in [3.05, 3.63) is 32.9 Å². The molecule has 0 bridgehead atoms. The third-order valence-electron chi connectivity index (χ3n) is 1.06. The lowest BCUT2D eigenvalue weighted by atomic mass is 10.6. The van der Waals surface area contributed by atoms with Crippen LogP contribution >= 0.6 is 0 Å². The maximum Gasteiger partial charge on any atom is 0.361 e. The van der Waals surface area contributed by atoms with E-state index in [0.29, 0.717) is 10.9 Å². The summed E-state index contributed by atoms with van der Waals surface area (Å²) in [6.45, 7) is 0. The Morgan fingerprint density at radius 1 is 1.64 bits per heavy atom. The zero-order valence-corrected chi connectivity index (χ0v) is 5.63. The summed E-state index contributed by atoms with van der Waals surface area (Å²) in [5, 5.41) is 0. The van der Waals surface area contributed by atoms with Gasteiger partial charge in [0.15, 0.2) is 0 Å². The number of hydrogen-bond donors (Lipinski definition) is 1. The fourth-order valence-corrected chi connectivity index (χ4v) is 0.568. The molecule has 0 fully saturated rings. The Morgan fingerprint density at radius 2 is 2.27 bits per heavy atom. The van der Waals surface area contributed by atoms with E-state index < -0.39 is 17.1 Å². The molecule has 0 spiro atoms. The second kappa shape index (κ2) is 2.57. The molecule has 0 aliphatic heterocycles. The van der Waals surface area contributed by atoms with Crippen molar-refractivity contribution in [2.75, 3.05) is 7.11 Å². The minimum Gasteiger partial charge on any atom is -0.413 e. The molecular weight excluding hydrogens is 155 g/mol. The number of hydrogen-bond acceptors (Lipinski definition) is 3. The van der Waals surface area contributed by atoms with E-state index in [1.54, 1.807) is 4.98 Å². The zero-order valence-electron chi connectivity index (χ0n) is 5.63. The quantitative estimate of drug-likeness (QED) is 0.557. The molecule has 0 saturated heterocycles. The fourth-order valence-electron chi connectivity index (χ4n) is 0.568. The van der Waals surface area contributed by atoms with Crippen LogP contribution in [0.3, 0.4) is 0 Å². The van der Waals surface area contributed by atoms with Crippen LogP contribution in [0.15, 0.2) is 15.8 Å². The van der Waals surface area contributed by atoms with Gasteiger partial charge in [-0.1, -0.05) is 0 Å². The van der Waals surface area contributed by atoms with Crippen molar-refractivity contribution in [1.29, 1.82) is 0 Å². The summed E-state index contributed by atoms with van der Waals surface area (Å²) in [7, 11) is 1.18. The van der Waals surface area contributed by atoms with Gasteiger partial charge in [0.25, 0.3) is 5.56 Å². The first kappa shape index (κ1) is 7.52. The van der Waals surface area contributed by atoms with E-state index in [2.05, 4.69) is 4.84 Å². The van der Waals surface area contributed by atoms with Crippen molar-refractivity contribution in [3.8, 4) is 0 Å². The number of aromatic amines is 1. The van der Waals surface area contributed by atoms with E-state index in [1.807, 2.05) is 0 Å². The number of rotatable bonds is 1. The van der Waals surface area contributed by atoms with Crippen molar-refractivity contribution < 1.29 is 9.23 Å². The van der Waals surface area contributed by atoms with Crippen LogP contribution in [0.25, 0.3) is 0 Å². The number of H-pyrrole nitrogens is 1. The minimum atomic E-state index is -1.06. The van der Waals surface area contributed by atoms with Gasteiger partial charge in [-0.2, -0.15) is 4.39 Å². The normalized spacial score (nSPS) is 9.64. The zero-order chi connectivity index (χ0) is 8.43. The van der Waals surface area contributed by atoms with Crippen LogP contribution in [-0.2, 0) is 0 Å². The van der Waals surface area contributed by atoms with Crippen molar-refractivity contribution in [2.45, 2.75) is 0 Å². The predicted octanol–water partition coefficient (Wildman–Crippen LogP) is -1.27. The molecule has 0 aliphatic carbocycles. The standard InChI is InChI=1S/C5H5FN2O3/c1-11-8-2-3(6)4(9)7-5(8)10/h2H,1H3,(H,7,9,10). The van der Waals surface area contributed by atoms with E-state index in [0.717, 1.165) is 0 Å². The Balaban J connectivity index is 3.45. The minimum absolute atomic E-state index is 0.580. The lowest BCUT2D eigenvalue weighted by Gasteiger charge is -1.99. The summed E-state index contributed by atoms with van der Waals surface area (Å²) < 4.78 is 12.9. The van der Waals surface area contributed by atoms with Gasteiger partial charge in [0.1, 0.15) is 7.11 Å². The number of aromatic nitrogens is 2. The van der Waals surface area contributed by atoms with E-state index in [4.69, 9.17) is 0 Å². The van der Waals surface area contributed by atoms with Crippen molar-refractivity contribution in [3.63, 3.8) is 0 Å². The highest BCUT2D eigenvalue weighted by molar-refractivity contribution is 4.84. The van der Waals surface area contributed by atoms with Gasteiger partial charge < -0.3 is 4.84 Å². The Kier molecular flexibility index (Phi) is 1.75. The van der Waals surface area contributed by atoms with Crippen molar-refractivity contribution >= 4 is 0 Å². The van der Waals surface area contributed by atoms with Gasteiger partial charge >= 0.3 is 5.69 Å². The van der Waals surface area contributed by atoms with E-state index in [1.165, 1.54) is 7.11 Å². The van der Waals surface area contributed by atoms with Gasteiger partial charge in [0, 0.05) is 0 Å². The van der Waals surface area contributed by atoms with Gasteiger partial charge in [-0.3, -0.25) is 9.78 Å². The Hall–Kier alpha value is -1.59. The van der Waals surface area contributed by atoms with Gasteiger partial charge in [-0.25, -0.2) is 4.79 Å². The van der Waals surface area contributed by atoms with Crippen molar-refractivity contribution in [2.24, 2.45) is 0 Å². The van der Waals surface area contributed by atoms with Crippen LogP contribution in [0.5, 0.6) is 0 Å². The molecule has 1 aromatic heterocycles. The Labute approximate surface area is 60.0 Å². The molecule has 1 rings (SSSR count). The molecule has 0 saturated carbocycles. The van der Waals surface area contributed by atoms with Crippen LogP contribution in [0.2, 0.25) is 0 Å². The smallest absolute Gasteiger partial charge is 0.361 e. The number of nitrogens with one attached hydrogen (secondary N) is 1. The topological polar surface area (TPSA) is 64.1 Å². The molecule has 0 radical (unpaired) electrons. The first-order valence-corrected chi connectivity index (χ1v) is 2.71. The third-order valence-corrected chi connectivity index (χ3v) is 1.06. The van der Waals surface area contributed by atoms with Gasteiger partial charge in [0.2, 0.25) is 5.82 Å². The molecule has 1 heterocycles. The van der Waals surface area contributed by atoms with Crippen LogP contribution in [-0.4, -0.2) is 16.8 Å². The van der Waals surface area contributed by atoms with E-state index >= 15 is 0 Å². The molecule has 0 aliphatic rings. The van der Waals surface area contributed by atoms with Crippen molar-refractivity contribution in [1.82, 2.24) is 9.71 Å². The maximum atomic E-state index is 12.4. The Bertz CT molecular complexity index is 367. The number of nitrogens with zero attached hydrogens (tertiary/aromatic N) is 1. The summed E-state index contributed by atoms with van der Waals surface area (Å²) in [5.74, 6) is -1.06. The third kappa shape index (κ3) is 1.28. The molecule has 0 aromatic carbocycles. The lowest BCUT2D eigenvalue weighted by Crippen LogP contribution is -2.33. The molecular formula is C5H5FN2O3. The second-order valence-corrected chi connectivity index (χ2v) is 1.74. The largest absolute Gasteiger partial charge is 0.413 e. The fraction of sp³-hybridized carbons (Fsp3) is 0.200. The summed E-state index contributed by atoms with van der Waals surface area (Å²) in [4.78, 5) is 27.1. The molecule has 60 valence electrons. The molecule has 1 N–H and O–H groups in total. The summed E-state index contributed by atoms with van der Waals surface area (Å²) in [6, 6.07) is 0. The first-order valence-electron chi connectivity index (χ1n) is 2.71. The molecule has 11 heavy (non-hydrogen) atoms. The summed E-state index contributed by atoms with van der Waals surface area (Å²) in [5.41, 5.74) is -1.86. The average molecular weight is 160 g/mol. The highest BCUT2D eigenvalue weighted by Gasteiger charge is 2.01. The average Bonchev–Trinajstić information content (AvgIpc) is 1.97. The van der Waals surface area contributed by atoms with E-state index in [9.17, 15) is 14.0 Å². The Morgan fingerprint density at radius 3 is 2.82 bits per heavy atom. The monoisotopic (exact) mass is 160 g/mol. The maximum absolute atomic E-state index is 12.4. The SMILES string of the molecule is COn1cc(F)c(=O)[nH]c1=O.